The van der Waals surface area contributed by atoms with Gasteiger partial charge in [-0.1, -0.05) is 165 Å². The predicted octanol–water partition coefficient (Wildman–Crippen LogP) is 13.4. The Hall–Kier alpha value is -4.79. The van der Waals surface area contributed by atoms with Crippen molar-refractivity contribution in [2.75, 3.05) is 0 Å². The van der Waals surface area contributed by atoms with Crippen LogP contribution in [0.5, 0.6) is 5.75 Å². The molecule has 0 saturated heterocycles. The summed E-state index contributed by atoms with van der Waals surface area (Å²) in [4.78, 5) is 10.2. The van der Waals surface area contributed by atoms with E-state index in [9.17, 15) is 5.11 Å². The average molecular weight is 907 g/mol. The smallest absolute Gasteiger partial charge is 0.230 e. The van der Waals surface area contributed by atoms with Gasteiger partial charge in [0.25, 0.3) is 0 Å². The van der Waals surface area contributed by atoms with Gasteiger partial charge in [0, 0.05) is 44.4 Å². The van der Waals surface area contributed by atoms with Crippen LogP contribution in [0.2, 0.25) is 0 Å². The third kappa shape index (κ3) is 8.12. The summed E-state index contributed by atoms with van der Waals surface area (Å²) >= 11 is 0. The molecule has 1 atom stereocenters. The molecular weight excluding hydrogens is 856 g/mol. The first kappa shape index (κ1) is 39.9. The molecular formula is C50H51N2O2Pt-. The van der Waals surface area contributed by atoms with Crippen molar-refractivity contribution in [1.29, 1.82) is 0 Å². The number of aromatic hydroxyl groups is 1. The molecule has 55 heavy (non-hydrogen) atoms. The summed E-state index contributed by atoms with van der Waals surface area (Å²) in [7, 11) is 0. The summed E-state index contributed by atoms with van der Waals surface area (Å²) in [6.07, 6.45) is 2.04. The molecule has 2 aromatic heterocycles. The number of pyridine rings is 1. The van der Waals surface area contributed by atoms with Crippen LogP contribution in [0.4, 0.5) is 0 Å². The number of phenols is 1. The number of aromatic nitrogens is 2. The SMILES string of the molecule is CC(c1ccccc1)c1cnc(-c2[c-]c(-c3cccc4oc(-c5cc(C(C)(C)C)cc(C(C)(C)C)c5O)nc34)cc(C(C)(C)C)c2)cc1-c1ccccc1.[Pt]. The standard InChI is InChI=1S/C50H51N2O2.Pt/c1-31(32-18-13-11-14-19-32)41-30-51-43(29-39(41)33-20-15-12-16-21-33)35-24-34(25-36(26-35)48(2,3)4)38-22-17-23-44-45(38)52-47(54-44)40-27-37(49(5,6)7)28-42(46(40)53)50(8,9)10;/h11-23,25-31,53H,1-10H3;/q-1;. The van der Waals surface area contributed by atoms with Gasteiger partial charge in [-0.25, -0.2) is 4.98 Å². The van der Waals surface area contributed by atoms with Gasteiger partial charge in [-0.3, -0.25) is 4.98 Å². The fourth-order valence-corrected chi connectivity index (χ4v) is 7.12. The van der Waals surface area contributed by atoms with Crippen LogP contribution in [0.25, 0.3) is 56.1 Å². The number of nitrogens with zero attached hydrogens (tertiary/aromatic N) is 2. The fraction of sp³-hybridized carbons (Fsp3) is 0.280. The van der Waals surface area contributed by atoms with E-state index in [0.29, 0.717) is 17.0 Å². The van der Waals surface area contributed by atoms with Crippen molar-refractivity contribution in [1.82, 2.24) is 9.97 Å². The number of hydrogen-bond acceptors (Lipinski definition) is 4. The van der Waals surface area contributed by atoms with Crippen molar-refractivity contribution in [3.05, 3.63) is 149 Å². The zero-order chi connectivity index (χ0) is 38.6. The summed E-state index contributed by atoms with van der Waals surface area (Å²) < 4.78 is 6.48. The van der Waals surface area contributed by atoms with Crippen LogP contribution in [0, 0.1) is 6.07 Å². The maximum absolute atomic E-state index is 11.7. The van der Waals surface area contributed by atoms with Gasteiger partial charge in [-0.2, -0.15) is 0 Å². The van der Waals surface area contributed by atoms with Crippen LogP contribution in [-0.4, -0.2) is 15.1 Å². The molecule has 5 heteroatoms. The van der Waals surface area contributed by atoms with E-state index in [0.717, 1.165) is 50.2 Å². The minimum atomic E-state index is -0.276. The molecule has 7 aromatic rings. The topological polar surface area (TPSA) is 59.2 Å². The molecule has 0 aliphatic heterocycles. The molecule has 0 saturated carbocycles. The first-order chi connectivity index (χ1) is 25.5. The zero-order valence-electron chi connectivity index (χ0n) is 33.6. The average Bonchev–Trinajstić information content (AvgIpc) is 3.58. The van der Waals surface area contributed by atoms with Crippen LogP contribution < -0.4 is 0 Å². The van der Waals surface area contributed by atoms with Crippen LogP contribution >= 0.6 is 0 Å². The number of oxazole rings is 1. The molecule has 0 aliphatic rings. The second kappa shape index (κ2) is 15.0. The maximum Gasteiger partial charge on any atom is 0.230 e. The number of phenolic OH excluding ortho intramolecular Hbond substituents is 1. The number of para-hydroxylation sites is 1. The largest absolute Gasteiger partial charge is 0.507 e. The van der Waals surface area contributed by atoms with Crippen molar-refractivity contribution < 1.29 is 30.6 Å². The minimum absolute atomic E-state index is 0. The fourth-order valence-electron chi connectivity index (χ4n) is 7.12. The monoisotopic (exact) mass is 906 g/mol. The molecule has 0 aliphatic carbocycles. The van der Waals surface area contributed by atoms with E-state index in [1.165, 1.54) is 16.7 Å². The maximum atomic E-state index is 11.7. The number of hydrogen-bond donors (Lipinski definition) is 1. The van der Waals surface area contributed by atoms with E-state index < -0.39 is 0 Å². The van der Waals surface area contributed by atoms with Crippen molar-refractivity contribution in [2.24, 2.45) is 0 Å². The van der Waals surface area contributed by atoms with Gasteiger partial charge in [0.2, 0.25) is 5.89 Å². The Morgan fingerprint density at radius 2 is 1.25 bits per heavy atom. The van der Waals surface area contributed by atoms with E-state index in [4.69, 9.17) is 14.4 Å². The van der Waals surface area contributed by atoms with Crippen LogP contribution in [0.1, 0.15) is 103 Å². The zero-order valence-corrected chi connectivity index (χ0v) is 35.9. The summed E-state index contributed by atoms with van der Waals surface area (Å²) in [6.45, 7) is 21.9. The molecule has 0 bridgehead atoms. The van der Waals surface area contributed by atoms with E-state index >= 15 is 0 Å². The van der Waals surface area contributed by atoms with Gasteiger partial charge in [0.15, 0.2) is 0 Å². The molecule has 0 fully saturated rings. The van der Waals surface area contributed by atoms with Gasteiger partial charge in [0.05, 0.1) is 11.1 Å². The van der Waals surface area contributed by atoms with Gasteiger partial charge in [-0.15, -0.1) is 29.3 Å². The van der Waals surface area contributed by atoms with E-state index in [1.807, 2.05) is 24.4 Å². The Morgan fingerprint density at radius 1 is 0.636 bits per heavy atom. The van der Waals surface area contributed by atoms with Crippen LogP contribution in [0.3, 0.4) is 0 Å². The summed E-state index contributed by atoms with van der Waals surface area (Å²) in [6, 6.07) is 41.8. The Bertz CT molecular complexity index is 2460. The summed E-state index contributed by atoms with van der Waals surface area (Å²) in [5, 5.41) is 11.7. The Labute approximate surface area is 341 Å². The van der Waals surface area contributed by atoms with Crippen LogP contribution in [0.15, 0.2) is 120 Å². The molecule has 1 N–H and O–H groups in total. The van der Waals surface area contributed by atoms with E-state index in [-0.39, 0.29) is 49.0 Å². The molecule has 4 nitrogen and oxygen atoms in total. The van der Waals surface area contributed by atoms with Crippen molar-refractivity contribution in [2.45, 2.75) is 91.4 Å². The van der Waals surface area contributed by atoms with Crippen molar-refractivity contribution >= 4 is 11.1 Å². The third-order valence-electron chi connectivity index (χ3n) is 10.5. The van der Waals surface area contributed by atoms with Gasteiger partial charge < -0.3 is 9.52 Å². The Balaban J connectivity index is 0.00000514. The van der Waals surface area contributed by atoms with Gasteiger partial charge >= 0.3 is 0 Å². The van der Waals surface area contributed by atoms with E-state index in [2.05, 4.69) is 166 Å². The van der Waals surface area contributed by atoms with Crippen molar-refractivity contribution in [3.8, 4) is 50.7 Å². The minimum Gasteiger partial charge on any atom is -0.507 e. The first-order valence-corrected chi connectivity index (χ1v) is 19.0. The second-order valence-electron chi connectivity index (χ2n) is 17.7. The predicted molar refractivity (Wildman–Crippen MR) is 224 cm³/mol. The second-order valence-corrected chi connectivity index (χ2v) is 17.7. The molecule has 7 rings (SSSR count). The van der Waals surface area contributed by atoms with E-state index in [1.54, 1.807) is 0 Å². The quantitative estimate of drug-likeness (QED) is 0.169. The third-order valence-corrected chi connectivity index (χ3v) is 10.5. The molecule has 284 valence electrons. The van der Waals surface area contributed by atoms with Crippen LogP contribution in [-0.2, 0) is 37.3 Å². The first-order valence-electron chi connectivity index (χ1n) is 19.0. The Morgan fingerprint density at radius 3 is 1.89 bits per heavy atom. The molecule has 2 heterocycles. The van der Waals surface area contributed by atoms with Gasteiger partial charge in [0.1, 0.15) is 11.3 Å². The summed E-state index contributed by atoms with van der Waals surface area (Å²) in [5.41, 5.74) is 12.9. The molecule has 0 spiro atoms. The Kier molecular flexibility index (Phi) is 10.9. The number of fused-ring (bicyclic) bond motifs is 1. The molecule has 5 aromatic carbocycles. The van der Waals surface area contributed by atoms with Crippen molar-refractivity contribution in [3.63, 3.8) is 0 Å². The van der Waals surface area contributed by atoms with Gasteiger partial charge in [-0.05, 0) is 56.2 Å². The normalized spacial score (nSPS) is 12.8. The number of benzene rings is 5. The summed E-state index contributed by atoms with van der Waals surface area (Å²) in [5.74, 6) is 0.763. The molecule has 0 radical (unpaired) electrons. The molecule has 1 unspecified atom stereocenters. The number of rotatable bonds is 6. The molecule has 0 amide bonds.